The van der Waals surface area contributed by atoms with Gasteiger partial charge in [-0.05, 0) is 18.0 Å². The monoisotopic (exact) mass is 276 g/mol. The predicted molar refractivity (Wildman–Crippen MR) is 46.6 cm³/mol. The lowest BCUT2D eigenvalue weighted by molar-refractivity contribution is -0.111. The maximum Gasteiger partial charge on any atom is 0.222 e. The Bertz CT molecular complexity index is 97.0. The van der Waals surface area contributed by atoms with Crippen molar-refractivity contribution in [2.24, 2.45) is 0 Å². The Hall–Kier alpha value is 0.920. The SMILES string of the molecule is O=C(Cl)CC(Br)CCBr. The number of carbonyl (C=O) groups excluding carboxylic acids is 1. The largest absolute Gasteiger partial charge is 0.281 e. The summed E-state index contributed by atoms with van der Waals surface area (Å²) in [6.45, 7) is 0. The number of hydrogen-bond acceptors (Lipinski definition) is 1. The first-order chi connectivity index (χ1) is 4.16. The topological polar surface area (TPSA) is 17.1 Å². The minimum Gasteiger partial charge on any atom is -0.281 e. The third-order valence-corrected chi connectivity index (χ3v) is 2.20. The van der Waals surface area contributed by atoms with Crippen molar-refractivity contribution in [3.05, 3.63) is 0 Å². The van der Waals surface area contributed by atoms with Crippen LogP contribution in [-0.2, 0) is 4.79 Å². The maximum absolute atomic E-state index is 10.2. The zero-order chi connectivity index (χ0) is 7.28. The minimum atomic E-state index is -0.280. The summed E-state index contributed by atoms with van der Waals surface area (Å²) in [5.41, 5.74) is 0. The van der Waals surface area contributed by atoms with Crippen molar-refractivity contribution in [3.8, 4) is 0 Å². The first-order valence-electron chi connectivity index (χ1n) is 2.55. The molecule has 0 N–H and O–H groups in total. The summed E-state index contributed by atoms with van der Waals surface area (Å²) in [5, 5.41) is 0.616. The average molecular weight is 278 g/mol. The van der Waals surface area contributed by atoms with Crippen molar-refractivity contribution >= 4 is 48.7 Å². The van der Waals surface area contributed by atoms with E-state index in [0.29, 0.717) is 6.42 Å². The van der Waals surface area contributed by atoms with Crippen LogP contribution in [0.3, 0.4) is 0 Å². The fourth-order valence-corrected chi connectivity index (χ4v) is 2.46. The first kappa shape index (κ1) is 9.92. The zero-order valence-electron chi connectivity index (χ0n) is 4.74. The number of carbonyl (C=O) groups is 1. The van der Waals surface area contributed by atoms with Gasteiger partial charge < -0.3 is 0 Å². The predicted octanol–water partition coefficient (Wildman–Crippen LogP) is 2.69. The average Bonchev–Trinajstić information content (AvgIpc) is 1.63. The third-order valence-electron chi connectivity index (χ3n) is 0.804. The van der Waals surface area contributed by atoms with E-state index in [0.717, 1.165) is 11.8 Å². The molecule has 0 radical (unpaired) electrons. The van der Waals surface area contributed by atoms with E-state index in [1.165, 1.54) is 0 Å². The molecule has 0 rings (SSSR count). The van der Waals surface area contributed by atoms with E-state index in [1.54, 1.807) is 0 Å². The van der Waals surface area contributed by atoms with Crippen LogP contribution in [0.5, 0.6) is 0 Å². The second kappa shape index (κ2) is 5.69. The first-order valence-corrected chi connectivity index (χ1v) is 4.96. The zero-order valence-corrected chi connectivity index (χ0v) is 8.67. The highest BCUT2D eigenvalue weighted by Gasteiger charge is 2.06. The smallest absolute Gasteiger partial charge is 0.222 e. The summed E-state index contributed by atoms with van der Waals surface area (Å²) in [6.07, 6.45) is 1.34. The summed E-state index contributed by atoms with van der Waals surface area (Å²) < 4.78 is 0. The molecule has 0 aromatic carbocycles. The van der Waals surface area contributed by atoms with E-state index in [9.17, 15) is 4.79 Å². The summed E-state index contributed by atoms with van der Waals surface area (Å²) in [6, 6.07) is 0. The molecule has 0 aromatic heterocycles. The minimum absolute atomic E-state index is 0.224. The van der Waals surface area contributed by atoms with Gasteiger partial charge in [-0.1, -0.05) is 31.9 Å². The quantitative estimate of drug-likeness (QED) is 0.571. The van der Waals surface area contributed by atoms with Crippen molar-refractivity contribution in [3.63, 3.8) is 0 Å². The van der Waals surface area contributed by atoms with Gasteiger partial charge in [0.2, 0.25) is 5.24 Å². The molecule has 0 fully saturated rings. The van der Waals surface area contributed by atoms with Crippen LogP contribution in [-0.4, -0.2) is 15.4 Å². The lowest BCUT2D eigenvalue weighted by Gasteiger charge is -2.01. The fourth-order valence-electron chi connectivity index (χ4n) is 0.395. The molecule has 0 aliphatic carbocycles. The Morgan fingerprint density at radius 2 is 2.22 bits per heavy atom. The molecule has 0 aliphatic heterocycles. The second-order valence-corrected chi connectivity index (χ2v) is 4.14. The van der Waals surface area contributed by atoms with Crippen LogP contribution in [0.15, 0.2) is 0 Å². The molecule has 54 valence electrons. The molecule has 1 unspecified atom stereocenters. The van der Waals surface area contributed by atoms with Gasteiger partial charge in [0.25, 0.3) is 0 Å². The van der Waals surface area contributed by atoms with Crippen LogP contribution in [0.2, 0.25) is 0 Å². The Balaban J connectivity index is 3.26. The maximum atomic E-state index is 10.2. The van der Waals surface area contributed by atoms with Gasteiger partial charge in [-0.15, -0.1) is 0 Å². The van der Waals surface area contributed by atoms with E-state index in [2.05, 4.69) is 31.9 Å². The molecule has 0 amide bonds. The lowest BCUT2D eigenvalue weighted by atomic mass is 10.3. The molecule has 0 aliphatic rings. The fraction of sp³-hybridized carbons (Fsp3) is 0.800. The lowest BCUT2D eigenvalue weighted by Crippen LogP contribution is -2.02. The highest BCUT2D eigenvalue weighted by atomic mass is 79.9. The molecule has 4 heteroatoms. The molecule has 0 heterocycles. The van der Waals surface area contributed by atoms with Gasteiger partial charge in [-0.25, -0.2) is 0 Å². The Kier molecular flexibility index (Phi) is 6.27. The molecular formula is C5H7Br2ClO. The van der Waals surface area contributed by atoms with Crippen LogP contribution in [0.4, 0.5) is 0 Å². The molecule has 1 atom stereocenters. The highest BCUT2D eigenvalue weighted by molar-refractivity contribution is 9.10. The molecule has 0 saturated carbocycles. The van der Waals surface area contributed by atoms with E-state index in [1.807, 2.05) is 0 Å². The van der Waals surface area contributed by atoms with E-state index in [-0.39, 0.29) is 10.1 Å². The molecule has 0 saturated heterocycles. The molecule has 0 bridgehead atoms. The molecular weight excluding hydrogens is 271 g/mol. The van der Waals surface area contributed by atoms with Crippen molar-refractivity contribution in [1.29, 1.82) is 0 Å². The van der Waals surface area contributed by atoms with Crippen LogP contribution >= 0.6 is 43.5 Å². The van der Waals surface area contributed by atoms with Gasteiger partial charge in [-0.3, -0.25) is 4.79 Å². The van der Waals surface area contributed by atoms with Gasteiger partial charge in [-0.2, -0.15) is 0 Å². The van der Waals surface area contributed by atoms with Gasteiger partial charge in [0.1, 0.15) is 0 Å². The molecule has 0 aromatic rings. The van der Waals surface area contributed by atoms with Crippen molar-refractivity contribution in [2.75, 3.05) is 5.33 Å². The van der Waals surface area contributed by atoms with Crippen molar-refractivity contribution in [1.82, 2.24) is 0 Å². The summed E-state index contributed by atoms with van der Waals surface area (Å²) in [4.78, 5) is 10.5. The van der Waals surface area contributed by atoms with E-state index in [4.69, 9.17) is 11.6 Å². The number of hydrogen-bond donors (Lipinski definition) is 0. The second-order valence-electron chi connectivity index (χ2n) is 1.63. The van der Waals surface area contributed by atoms with Crippen LogP contribution < -0.4 is 0 Å². The van der Waals surface area contributed by atoms with Gasteiger partial charge in [0, 0.05) is 16.6 Å². The standard InChI is InChI=1S/C5H7Br2ClO/c6-2-1-4(7)3-5(8)9/h4H,1-3H2. The number of rotatable bonds is 4. The molecule has 1 nitrogen and oxygen atoms in total. The van der Waals surface area contributed by atoms with Crippen LogP contribution in [0.1, 0.15) is 12.8 Å². The third kappa shape index (κ3) is 6.81. The van der Waals surface area contributed by atoms with Gasteiger partial charge in [0.05, 0.1) is 0 Å². The van der Waals surface area contributed by atoms with Crippen LogP contribution in [0.25, 0.3) is 0 Å². The van der Waals surface area contributed by atoms with Crippen molar-refractivity contribution < 1.29 is 4.79 Å². The number of alkyl halides is 2. The Morgan fingerprint density at radius 1 is 1.67 bits per heavy atom. The highest BCUT2D eigenvalue weighted by Crippen LogP contribution is 2.12. The summed E-state index contributed by atoms with van der Waals surface area (Å²) in [5.74, 6) is 0. The normalized spacial score (nSPS) is 13.2. The molecule has 9 heavy (non-hydrogen) atoms. The van der Waals surface area contributed by atoms with Crippen molar-refractivity contribution in [2.45, 2.75) is 17.7 Å². The van der Waals surface area contributed by atoms with Crippen LogP contribution in [0, 0.1) is 0 Å². The van der Waals surface area contributed by atoms with Gasteiger partial charge in [0.15, 0.2) is 0 Å². The van der Waals surface area contributed by atoms with Gasteiger partial charge >= 0.3 is 0 Å². The number of halogens is 3. The summed E-state index contributed by atoms with van der Waals surface area (Å²) in [7, 11) is 0. The summed E-state index contributed by atoms with van der Waals surface area (Å²) >= 11 is 11.7. The van der Waals surface area contributed by atoms with E-state index >= 15 is 0 Å². The Morgan fingerprint density at radius 3 is 2.56 bits per heavy atom. The Labute approximate surface area is 76.4 Å². The molecule has 0 spiro atoms. The van der Waals surface area contributed by atoms with E-state index < -0.39 is 0 Å².